The number of hydrogen-bond acceptors (Lipinski definition) is 4. The fraction of sp³-hybridized carbons (Fsp3) is 0.750. The minimum Gasteiger partial charge on any atom is -0.469 e. The van der Waals surface area contributed by atoms with Crippen molar-refractivity contribution in [1.82, 2.24) is 0 Å². The molecule has 0 aliphatic carbocycles. The monoisotopic (exact) mass is 264 g/mol. The van der Waals surface area contributed by atoms with E-state index in [-0.39, 0.29) is 0 Å². The van der Waals surface area contributed by atoms with Crippen molar-refractivity contribution >= 4 is 11.9 Å². The maximum atomic E-state index is 11.9. The summed E-state index contributed by atoms with van der Waals surface area (Å²) in [5.74, 6) is -2.40. The first-order chi connectivity index (χ1) is 7.68. The van der Waals surface area contributed by atoms with Gasteiger partial charge in [-0.3, -0.25) is 9.59 Å². The van der Waals surface area contributed by atoms with Crippen LogP contribution in [-0.4, -0.2) is 37.8 Å². The first kappa shape index (κ1) is 15.6. The van der Waals surface area contributed by atoms with Gasteiger partial charge in [-0.25, -0.2) is 8.78 Å². The van der Waals surface area contributed by atoms with Crippen molar-refractivity contribution in [2.45, 2.75) is 31.5 Å². The van der Waals surface area contributed by atoms with Crippen molar-refractivity contribution in [3.8, 4) is 0 Å². The molecule has 4 nitrogen and oxygen atoms in total. The van der Waals surface area contributed by atoms with Crippen LogP contribution in [0, 0.1) is 0 Å². The Labute approximate surface area is 92.7 Å². The van der Waals surface area contributed by atoms with Crippen molar-refractivity contribution < 1.29 is 41.0 Å². The minimum atomic E-state index is -5.35. The van der Waals surface area contributed by atoms with Gasteiger partial charge in [0, 0.05) is 0 Å². The molecule has 0 aromatic rings. The lowest BCUT2D eigenvalue weighted by Crippen LogP contribution is -2.39. The van der Waals surface area contributed by atoms with Gasteiger partial charge in [0.05, 0.1) is 20.0 Å². The molecule has 0 spiro atoms. The molecule has 0 N–H and O–H groups in total. The number of alkyl halides is 5. The lowest BCUT2D eigenvalue weighted by atomic mass is 10.3. The van der Waals surface area contributed by atoms with Crippen molar-refractivity contribution in [2.24, 2.45) is 0 Å². The van der Waals surface area contributed by atoms with Gasteiger partial charge in [-0.1, -0.05) is 0 Å². The van der Waals surface area contributed by atoms with E-state index in [0.29, 0.717) is 0 Å². The largest absolute Gasteiger partial charge is 0.469 e. The Morgan fingerprint density at radius 3 is 1.94 bits per heavy atom. The van der Waals surface area contributed by atoms with Crippen LogP contribution in [0.2, 0.25) is 0 Å². The summed E-state index contributed by atoms with van der Waals surface area (Å²) in [6.07, 6.45) is -14.0. The summed E-state index contributed by atoms with van der Waals surface area (Å²) >= 11 is 0. The molecule has 17 heavy (non-hydrogen) atoms. The fourth-order valence-electron chi connectivity index (χ4n) is 0.768. The van der Waals surface area contributed by atoms with Gasteiger partial charge in [-0.2, -0.15) is 13.2 Å². The quantitative estimate of drug-likeness (QED) is 0.560. The smallest absolute Gasteiger partial charge is 0.431 e. The van der Waals surface area contributed by atoms with Crippen LogP contribution < -0.4 is 0 Å². The second-order valence-corrected chi connectivity index (χ2v) is 2.86. The Balaban J connectivity index is 4.29. The van der Waals surface area contributed by atoms with Crippen molar-refractivity contribution in [3.63, 3.8) is 0 Å². The minimum absolute atomic E-state index is 0.539. The van der Waals surface area contributed by atoms with E-state index in [2.05, 4.69) is 9.47 Å². The first-order valence-corrected chi connectivity index (χ1v) is 4.29. The van der Waals surface area contributed by atoms with E-state index in [1.165, 1.54) is 0 Å². The van der Waals surface area contributed by atoms with Crippen LogP contribution in [0.15, 0.2) is 0 Å². The van der Waals surface area contributed by atoms with E-state index in [1.54, 1.807) is 0 Å². The molecule has 100 valence electrons. The number of carbonyl (C=O) groups is 2. The van der Waals surface area contributed by atoms with Gasteiger partial charge in [0.15, 0.2) is 0 Å². The molecule has 0 fully saturated rings. The number of carbonyl (C=O) groups excluding carboxylic acids is 2. The number of ether oxygens (including phenoxy) is 2. The normalized spacial score (nSPS) is 13.4. The molecule has 0 aliphatic rings. The molecule has 0 aromatic carbocycles. The third-order valence-corrected chi connectivity index (χ3v) is 1.57. The van der Waals surface area contributed by atoms with Gasteiger partial charge in [0.2, 0.25) is 0 Å². The maximum Gasteiger partial charge on any atom is 0.431 e. The van der Waals surface area contributed by atoms with Crippen LogP contribution in [0.3, 0.4) is 0 Å². The predicted octanol–water partition coefficient (Wildman–Crippen LogP) is 1.68. The highest BCUT2D eigenvalue weighted by Crippen LogP contribution is 2.27. The summed E-state index contributed by atoms with van der Waals surface area (Å²) in [7, 11) is 1.01. The molecule has 0 saturated heterocycles. The highest BCUT2D eigenvalue weighted by molar-refractivity contribution is 5.77. The van der Waals surface area contributed by atoms with Crippen LogP contribution in [0.25, 0.3) is 0 Å². The summed E-state index contributed by atoms with van der Waals surface area (Å²) in [6, 6.07) is 0. The molecule has 0 rings (SSSR count). The summed E-state index contributed by atoms with van der Waals surface area (Å²) in [5, 5.41) is 0. The van der Waals surface area contributed by atoms with Gasteiger partial charge in [0.1, 0.15) is 0 Å². The van der Waals surface area contributed by atoms with E-state index in [9.17, 15) is 31.5 Å². The molecular weight excluding hydrogens is 255 g/mol. The predicted molar refractivity (Wildman–Crippen MR) is 43.2 cm³/mol. The van der Waals surface area contributed by atoms with E-state index in [4.69, 9.17) is 0 Å². The molecular formula is C8H9F5O4. The second-order valence-electron chi connectivity index (χ2n) is 2.86. The zero-order valence-corrected chi connectivity index (χ0v) is 8.59. The highest BCUT2D eigenvalue weighted by Gasteiger charge is 2.49. The van der Waals surface area contributed by atoms with Crippen LogP contribution in [-0.2, 0) is 19.1 Å². The molecule has 0 aliphatic heterocycles. The zero-order chi connectivity index (χ0) is 13.6. The topological polar surface area (TPSA) is 52.6 Å². The van der Waals surface area contributed by atoms with Gasteiger partial charge in [0.25, 0.3) is 12.5 Å². The van der Waals surface area contributed by atoms with E-state index < -0.39 is 43.5 Å². The number of hydrogen-bond donors (Lipinski definition) is 0. The molecule has 0 aromatic heterocycles. The van der Waals surface area contributed by atoms with Gasteiger partial charge >= 0.3 is 18.1 Å². The maximum absolute atomic E-state index is 11.9. The zero-order valence-electron chi connectivity index (χ0n) is 8.59. The number of methoxy groups -OCH3 is 1. The summed E-state index contributed by atoms with van der Waals surface area (Å²) in [5.41, 5.74) is 0. The van der Waals surface area contributed by atoms with Crippen molar-refractivity contribution in [2.75, 3.05) is 7.11 Å². The molecule has 0 bridgehead atoms. The Kier molecular flexibility index (Phi) is 5.83. The number of esters is 2. The fourth-order valence-corrected chi connectivity index (χ4v) is 0.768. The highest BCUT2D eigenvalue weighted by atomic mass is 19.4. The number of rotatable bonds is 5. The van der Waals surface area contributed by atoms with E-state index >= 15 is 0 Å². The molecule has 9 heteroatoms. The molecule has 0 amide bonds. The average molecular weight is 264 g/mol. The summed E-state index contributed by atoms with van der Waals surface area (Å²) in [4.78, 5) is 21.3. The average Bonchev–Trinajstić information content (AvgIpc) is 2.20. The molecule has 1 unspecified atom stereocenters. The molecule has 0 heterocycles. The lowest BCUT2D eigenvalue weighted by Gasteiger charge is -2.19. The second kappa shape index (κ2) is 6.36. The Morgan fingerprint density at radius 2 is 1.59 bits per heavy atom. The van der Waals surface area contributed by atoms with Crippen LogP contribution >= 0.6 is 0 Å². The third kappa shape index (κ3) is 6.03. The van der Waals surface area contributed by atoms with E-state index in [1.807, 2.05) is 0 Å². The lowest BCUT2D eigenvalue weighted by molar-refractivity contribution is -0.249. The van der Waals surface area contributed by atoms with Crippen LogP contribution in [0.5, 0.6) is 0 Å². The third-order valence-electron chi connectivity index (χ3n) is 1.57. The number of halogens is 5. The van der Waals surface area contributed by atoms with Crippen molar-refractivity contribution in [3.05, 3.63) is 0 Å². The van der Waals surface area contributed by atoms with Gasteiger partial charge in [-0.15, -0.1) is 0 Å². The SMILES string of the molecule is COC(=O)CCC(=O)OC(C(F)F)C(F)(F)F. The van der Waals surface area contributed by atoms with Gasteiger partial charge in [-0.05, 0) is 0 Å². The van der Waals surface area contributed by atoms with Crippen molar-refractivity contribution in [1.29, 1.82) is 0 Å². The molecule has 0 radical (unpaired) electrons. The first-order valence-electron chi connectivity index (χ1n) is 4.29. The van der Waals surface area contributed by atoms with Crippen LogP contribution in [0.1, 0.15) is 12.8 Å². The standard InChI is InChI=1S/C8H9F5O4/c1-16-4(14)2-3-5(15)17-6(7(9)10)8(11,12)13/h6-7H,2-3H2,1H3. The summed E-state index contributed by atoms with van der Waals surface area (Å²) < 4.78 is 67.4. The van der Waals surface area contributed by atoms with Gasteiger partial charge < -0.3 is 9.47 Å². The molecule has 1 atom stereocenters. The van der Waals surface area contributed by atoms with E-state index in [0.717, 1.165) is 7.11 Å². The van der Waals surface area contributed by atoms with Crippen LogP contribution in [0.4, 0.5) is 22.0 Å². The Morgan fingerprint density at radius 1 is 1.12 bits per heavy atom. The Bertz CT molecular complexity index is 276. The summed E-state index contributed by atoms with van der Waals surface area (Å²) in [6.45, 7) is 0. The Hall–Kier alpha value is -1.41. The molecule has 0 saturated carbocycles.